The molecule has 6 nitrogen and oxygen atoms in total. The van der Waals surface area contributed by atoms with E-state index >= 15 is 0 Å². The van der Waals surface area contributed by atoms with Crippen LogP contribution in [0.25, 0.3) is 11.1 Å². The quantitative estimate of drug-likeness (QED) is 0.484. The topological polar surface area (TPSA) is 103 Å². The van der Waals surface area contributed by atoms with Gasteiger partial charge in [0.2, 0.25) is 0 Å². The summed E-state index contributed by atoms with van der Waals surface area (Å²) in [5.74, 6) is 0.257. The van der Waals surface area contributed by atoms with Crippen molar-refractivity contribution in [1.29, 1.82) is 5.26 Å². The van der Waals surface area contributed by atoms with Gasteiger partial charge in [0.1, 0.15) is 24.5 Å². The fraction of sp³-hybridized carbons (Fsp3) is 0.481. The Hall–Kier alpha value is -2.88. The average molecular weight is 449 g/mol. The third-order valence-electron chi connectivity index (χ3n) is 6.97. The van der Waals surface area contributed by atoms with Crippen LogP contribution in [0, 0.1) is 17.2 Å². The Balaban J connectivity index is 1.33. The third-order valence-corrected chi connectivity index (χ3v) is 6.97. The molecule has 0 aromatic heterocycles. The molecule has 0 bridgehead atoms. The van der Waals surface area contributed by atoms with E-state index in [1.165, 1.54) is 51.4 Å². The van der Waals surface area contributed by atoms with Crippen molar-refractivity contribution in [2.24, 2.45) is 5.92 Å². The number of rotatable bonds is 10. The maximum Gasteiger partial charge on any atom is 0.335 e. The van der Waals surface area contributed by atoms with E-state index in [1.54, 1.807) is 42.5 Å². The molecule has 0 amide bonds. The van der Waals surface area contributed by atoms with Gasteiger partial charge >= 0.3 is 5.97 Å². The number of nitriles is 1. The lowest BCUT2D eigenvalue weighted by Crippen LogP contribution is -2.40. The number of β-amino-alcohol motifs (C(OH)–C–C–N with tert-alkyl or cyclic N) is 1. The largest absolute Gasteiger partial charge is 0.489 e. The fourth-order valence-electron chi connectivity index (χ4n) is 4.85. The molecule has 6 heteroatoms. The second kappa shape index (κ2) is 10.4. The highest BCUT2D eigenvalue weighted by Crippen LogP contribution is 2.44. The number of carboxylic acid groups (broad SMARTS) is 1. The van der Waals surface area contributed by atoms with Gasteiger partial charge in [0, 0.05) is 12.1 Å². The number of hydrogen-bond acceptors (Lipinski definition) is 5. The lowest BCUT2D eigenvalue weighted by Gasteiger charge is -2.28. The molecular weight excluding hydrogens is 416 g/mol. The summed E-state index contributed by atoms with van der Waals surface area (Å²) in [6.45, 7) is 0.577. The maximum atomic E-state index is 11.1. The van der Waals surface area contributed by atoms with Crippen molar-refractivity contribution in [1.82, 2.24) is 5.32 Å². The predicted molar refractivity (Wildman–Crippen MR) is 126 cm³/mol. The summed E-state index contributed by atoms with van der Waals surface area (Å²) in [6.07, 6.45) is 9.63. The number of aliphatic hydroxyl groups excluding tert-OH is 1. The molecule has 2 aromatic carbocycles. The first kappa shape index (κ1) is 23.3. The minimum absolute atomic E-state index is 0.0998. The van der Waals surface area contributed by atoms with Crippen LogP contribution in [0.5, 0.6) is 5.75 Å². The summed E-state index contributed by atoms with van der Waals surface area (Å²) in [6, 6.07) is 13.9. The second-order valence-electron chi connectivity index (χ2n) is 9.54. The Bertz CT molecular complexity index is 1000. The SMILES string of the molecule is N#Cc1ccc(-c2ccc(C(=O)O)cc2)cc1OCC(O)CNC1(CC2CCCCC2)CC1. The van der Waals surface area contributed by atoms with Crippen molar-refractivity contribution < 1.29 is 19.7 Å². The van der Waals surface area contributed by atoms with Crippen LogP contribution in [0.4, 0.5) is 0 Å². The molecule has 0 spiro atoms. The standard InChI is InChI=1S/C27H32N2O4/c28-16-23-11-10-22(20-6-8-21(9-7-20)26(31)32)14-25(23)33-18-24(30)17-29-27(12-13-27)15-19-4-2-1-3-5-19/h6-11,14,19,24,29-30H,1-5,12-13,15,17-18H2,(H,31,32). The lowest BCUT2D eigenvalue weighted by atomic mass is 9.84. The van der Waals surface area contributed by atoms with Gasteiger partial charge in [0.05, 0.1) is 11.1 Å². The van der Waals surface area contributed by atoms with Gasteiger partial charge in [-0.2, -0.15) is 5.26 Å². The van der Waals surface area contributed by atoms with Crippen LogP contribution in [0.3, 0.4) is 0 Å². The van der Waals surface area contributed by atoms with Crippen molar-refractivity contribution in [2.75, 3.05) is 13.2 Å². The van der Waals surface area contributed by atoms with Gasteiger partial charge in [0.25, 0.3) is 0 Å². The van der Waals surface area contributed by atoms with Crippen molar-refractivity contribution in [3.05, 3.63) is 53.6 Å². The summed E-state index contributed by atoms with van der Waals surface area (Å²) >= 11 is 0. The molecular formula is C27H32N2O4. The van der Waals surface area contributed by atoms with Crippen LogP contribution in [-0.2, 0) is 0 Å². The molecule has 0 saturated heterocycles. The van der Waals surface area contributed by atoms with E-state index in [-0.39, 0.29) is 17.7 Å². The van der Waals surface area contributed by atoms with Gasteiger partial charge in [-0.05, 0) is 60.6 Å². The summed E-state index contributed by atoms with van der Waals surface area (Å²) in [4.78, 5) is 11.1. The van der Waals surface area contributed by atoms with Crippen molar-refractivity contribution in [3.63, 3.8) is 0 Å². The number of nitrogens with zero attached hydrogens (tertiary/aromatic N) is 1. The second-order valence-corrected chi connectivity index (χ2v) is 9.54. The fourth-order valence-corrected chi connectivity index (χ4v) is 4.85. The van der Waals surface area contributed by atoms with E-state index in [0.717, 1.165) is 17.0 Å². The molecule has 1 unspecified atom stereocenters. The third kappa shape index (κ3) is 6.13. The minimum Gasteiger partial charge on any atom is -0.489 e. The summed E-state index contributed by atoms with van der Waals surface area (Å²) in [5, 5.41) is 32.6. The first-order chi connectivity index (χ1) is 16.0. The van der Waals surface area contributed by atoms with E-state index < -0.39 is 12.1 Å². The molecule has 2 saturated carbocycles. The van der Waals surface area contributed by atoms with E-state index in [2.05, 4.69) is 11.4 Å². The van der Waals surface area contributed by atoms with Gasteiger partial charge < -0.3 is 20.3 Å². The lowest BCUT2D eigenvalue weighted by molar-refractivity contribution is 0.0697. The maximum absolute atomic E-state index is 11.1. The number of ether oxygens (including phenoxy) is 1. The Morgan fingerprint density at radius 3 is 2.45 bits per heavy atom. The number of benzene rings is 2. The highest BCUT2D eigenvalue weighted by atomic mass is 16.5. The molecule has 4 rings (SSSR count). The molecule has 174 valence electrons. The molecule has 2 fully saturated rings. The number of carbonyl (C=O) groups is 1. The molecule has 3 N–H and O–H groups in total. The van der Waals surface area contributed by atoms with E-state index in [1.807, 2.05) is 0 Å². The molecule has 2 aliphatic carbocycles. The summed E-state index contributed by atoms with van der Waals surface area (Å²) < 4.78 is 5.84. The van der Waals surface area contributed by atoms with Crippen molar-refractivity contribution in [2.45, 2.75) is 63.0 Å². The highest BCUT2D eigenvalue weighted by molar-refractivity contribution is 5.88. The Kier molecular flexibility index (Phi) is 7.32. The number of aromatic carboxylic acids is 1. The summed E-state index contributed by atoms with van der Waals surface area (Å²) in [5.41, 5.74) is 2.46. The molecule has 2 aliphatic rings. The van der Waals surface area contributed by atoms with Gasteiger partial charge in [-0.15, -0.1) is 0 Å². The smallest absolute Gasteiger partial charge is 0.335 e. The molecule has 2 aromatic rings. The first-order valence-electron chi connectivity index (χ1n) is 11.9. The van der Waals surface area contributed by atoms with Crippen LogP contribution in [0.1, 0.15) is 67.3 Å². The zero-order valence-electron chi connectivity index (χ0n) is 18.9. The monoisotopic (exact) mass is 448 g/mol. The van der Waals surface area contributed by atoms with Crippen LogP contribution >= 0.6 is 0 Å². The predicted octanol–water partition coefficient (Wildman–Crippen LogP) is 4.76. The van der Waals surface area contributed by atoms with Gasteiger partial charge in [-0.3, -0.25) is 0 Å². The van der Waals surface area contributed by atoms with Crippen LogP contribution in [0.15, 0.2) is 42.5 Å². The number of carboxylic acids is 1. The number of nitrogens with one attached hydrogen (secondary N) is 1. The van der Waals surface area contributed by atoms with Gasteiger partial charge in [-0.25, -0.2) is 4.79 Å². The average Bonchev–Trinajstić information content (AvgIpc) is 3.61. The molecule has 0 heterocycles. The van der Waals surface area contributed by atoms with E-state index in [4.69, 9.17) is 9.84 Å². The van der Waals surface area contributed by atoms with E-state index in [0.29, 0.717) is 17.9 Å². The van der Waals surface area contributed by atoms with Crippen LogP contribution < -0.4 is 10.1 Å². The Labute approximate surface area is 195 Å². The Morgan fingerprint density at radius 2 is 1.82 bits per heavy atom. The molecule has 1 atom stereocenters. The number of aliphatic hydroxyl groups is 1. The minimum atomic E-state index is -0.972. The summed E-state index contributed by atoms with van der Waals surface area (Å²) in [7, 11) is 0. The van der Waals surface area contributed by atoms with Gasteiger partial charge in [-0.1, -0.05) is 50.3 Å². The van der Waals surface area contributed by atoms with E-state index in [9.17, 15) is 15.2 Å². The zero-order valence-corrected chi connectivity index (χ0v) is 18.9. The molecule has 0 aliphatic heterocycles. The van der Waals surface area contributed by atoms with Crippen molar-refractivity contribution >= 4 is 5.97 Å². The van der Waals surface area contributed by atoms with Crippen molar-refractivity contribution in [3.8, 4) is 22.9 Å². The zero-order chi connectivity index (χ0) is 23.3. The molecule has 33 heavy (non-hydrogen) atoms. The van der Waals surface area contributed by atoms with Crippen LogP contribution in [-0.4, -0.2) is 41.0 Å². The van der Waals surface area contributed by atoms with Crippen LogP contribution in [0.2, 0.25) is 0 Å². The van der Waals surface area contributed by atoms with Gasteiger partial charge in [0.15, 0.2) is 0 Å². The Morgan fingerprint density at radius 1 is 1.12 bits per heavy atom. The number of hydrogen-bond donors (Lipinski definition) is 3. The highest BCUT2D eigenvalue weighted by Gasteiger charge is 2.43. The first-order valence-corrected chi connectivity index (χ1v) is 11.9. The normalized spacial score (nSPS) is 18.3. The molecule has 0 radical (unpaired) electrons.